The molecule has 1 aromatic carbocycles. The quantitative estimate of drug-likeness (QED) is 0.925. The van der Waals surface area contributed by atoms with Gasteiger partial charge in [0, 0.05) is 9.58 Å². The number of amides is 1. The molecule has 0 radical (unpaired) electrons. The zero-order valence-corrected chi connectivity index (χ0v) is 13.6. The Bertz CT molecular complexity index is 665. The molecule has 1 N–H and O–H groups in total. The van der Waals surface area contributed by atoms with Gasteiger partial charge in [0.1, 0.15) is 5.54 Å². The van der Waals surface area contributed by atoms with Crippen molar-refractivity contribution in [2.75, 3.05) is 0 Å². The second-order valence-electron chi connectivity index (χ2n) is 5.87. The van der Waals surface area contributed by atoms with E-state index in [-0.39, 0.29) is 17.7 Å². The van der Waals surface area contributed by atoms with Crippen LogP contribution < -0.4 is 5.32 Å². The van der Waals surface area contributed by atoms with Crippen molar-refractivity contribution in [2.45, 2.75) is 39.2 Å². The predicted molar refractivity (Wildman–Crippen MR) is 87.2 cm³/mol. The van der Waals surface area contributed by atoms with Gasteiger partial charge in [0.2, 0.25) is 5.91 Å². The zero-order chi connectivity index (χ0) is 15.6. The van der Waals surface area contributed by atoms with Crippen molar-refractivity contribution < 1.29 is 4.79 Å². The van der Waals surface area contributed by atoms with Crippen molar-refractivity contribution in [1.29, 1.82) is 5.26 Å². The van der Waals surface area contributed by atoms with Crippen molar-refractivity contribution in [3.8, 4) is 6.07 Å². The minimum atomic E-state index is -0.831. The fourth-order valence-corrected chi connectivity index (χ4v) is 3.13. The van der Waals surface area contributed by atoms with Crippen molar-refractivity contribution >= 4 is 27.3 Å². The van der Waals surface area contributed by atoms with Crippen LogP contribution in [0.1, 0.15) is 38.5 Å². The molecule has 0 spiro atoms. The van der Waals surface area contributed by atoms with Crippen LogP contribution in [0.2, 0.25) is 0 Å². The van der Waals surface area contributed by atoms with E-state index in [1.165, 1.54) is 4.70 Å². The Morgan fingerprint density at radius 1 is 1.33 bits per heavy atom. The van der Waals surface area contributed by atoms with Gasteiger partial charge in [-0.3, -0.25) is 4.79 Å². The van der Waals surface area contributed by atoms with Crippen molar-refractivity contribution in [3.63, 3.8) is 0 Å². The Kier molecular flexibility index (Phi) is 4.34. The minimum absolute atomic E-state index is 0.0565. The van der Waals surface area contributed by atoms with E-state index >= 15 is 0 Å². The van der Waals surface area contributed by atoms with Crippen LogP contribution in [0.3, 0.4) is 0 Å². The summed E-state index contributed by atoms with van der Waals surface area (Å²) in [5, 5.41) is 13.4. The first-order chi connectivity index (χ1) is 9.87. The maximum absolute atomic E-state index is 12.4. The number of nitrogens with zero attached hydrogens (tertiary/aromatic N) is 1. The molecule has 1 heterocycles. The molecule has 0 fully saturated rings. The first-order valence-electron chi connectivity index (χ1n) is 7.09. The van der Waals surface area contributed by atoms with E-state index in [0.29, 0.717) is 0 Å². The van der Waals surface area contributed by atoms with Gasteiger partial charge in [0.15, 0.2) is 0 Å². The molecule has 0 saturated carbocycles. The van der Waals surface area contributed by atoms with Gasteiger partial charge in [0.05, 0.1) is 12.0 Å². The Labute approximate surface area is 129 Å². The number of hydrogen-bond donors (Lipinski definition) is 1. The van der Waals surface area contributed by atoms with Gasteiger partial charge in [-0.25, -0.2) is 0 Å². The second kappa shape index (κ2) is 5.87. The second-order valence-corrected chi connectivity index (χ2v) is 6.98. The van der Waals surface area contributed by atoms with Gasteiger partial charge in [0.25, 0.3) is 0 Å². The summed E-state index contributed by atoms with van der Waals surface area (Å²) in [5.74, 6) is -0.297. The van der Waals surface area contributed by atoms with E-state index in [0.717, 1.165) is 10.3 Å². The first-order valence-corrected chi connectivity index (χ1v) is 7.91. The number of thiophene rings is 1. The van der Waals surface area contributed by atoms with E-state index in [4.69, 9.17) is 0 Å². The lowest BCUT2D eigenvalue weighted by Gasteiger charge is -2.28. The molecule has 0 saturated heterocycles. The number of nitrogens with one attached hydrogen (secondary N) is 1. The molecule has 2 atom stereocenters. The number of fused-ring (bicyclic) bond motifs is 1. The molecular weight excluding hydrogens is 280 g/mol. The lowest BCUT2D eigenvalue weighted by atomic mass is 9.89. The molecule has 0 aliphatic rings. The van der Waals surface area contributed by atoms with Crippen molar-refractivity contribution in [2.24, 2.45) is 5.92 Å². The minimum Gasteiger partial charge on any atom is -0.337 e. The smallest absolute Gasteiger partial charge is 0.229 e. The maximum atomic E-state index is 12.4. The summed E-state index contributed by atoms with van der Waals surface area (Å²) >= 11 is 1.63. The predicted octanol–water partition coefficient (Wildman–Crippen LogP) is 4.06. The van der Waals surface area contributed by atoms with Gasteiger partial charge in [-0.05, 0) is 37.3 Å². The fourth-order valence-electron chi connectivity index (χ4n) is 2.01. The molecular formula is C17H20N2OS. The van der Waals surface area contributed by atoms with Crippen LogP contribution in [0.5, 0.6) is 0 Å². The average molecular weight is 300 g/mol. The third-order valence-electron chi connectivity index (χ3n) is 4.03. The van der Waals surface area contributed by atoms with Gasteiger partial charge < -0.3 is 5.32 Å². The van der Waals surface area contributed by atoms with Crippen LogP contribution >= 0.6 is 11.3 Å². The highest BCUT2D eigenvalue weighted by molar-refractivity contribution is 7.19. The summed E-state index contributed by atoms with van der Waals surface area (Å²) < 4.78 is 1.18. The molecule has 3 nitrogen and oxygen atoms in total. The molecule has 4 heteroatoms. The van der Waals surface area contributed by atoms with Crippen molar-refractivity contribution in [1.82, 2.24) is 5.32 Å². The largest absolute Gasteiger partial charge is 0.337 e. The normalized spacial score (nSPS) is 15.4. The summed E-state index contributed by atoms with van der Waals surface area (Å²) in [6.07, 6.45) is 0. The highest BCUT2D eigenvalue weighted by Crippen LogP contribution is 2.31. The Morgan fingerprint density at radius 2 is 2.00 bits per heavy atom. The fraction of sp³-hybridized carbons (Fsp3) is 0.412. The number of nitriles is 1. The summed E-state index contributed by atoms with van der Waals surface area (Å²) in [6.45, 7) is 7.53. The van der Waals surface area contributed by atoms with Crippen LogP contribution in [0.15, 0.2) is 30.3 Å². The molecule has 1 amide bonds. The van der Waals surface area contributed by atoms with Crippen LogP contribution in [0, 0.1) is 17.2 Å². The summed E-state index contributed by atoms with van der Waals surface area (Å²) in [5.41, 5.74) is -0.831. The Morgan fingerprint density at radius 3 is 2.57 bits per heavy atom. The highest BCUT2D eigenvalue weighted by Gasteiger charge is 2.32. The lowest BCUT2D eigenvalue weighted by Crippen LogP contribution is -2.50. The zero-order valence-electron chi connectivity index (χ0n) is 12.8. The standard InChI is InChI=1S/C17H20N2OS/c1-11(2)17(4,10-18)19-16(20)12(3)15-9-13-7-5-6-8-14(13)21-15/h5-9,11-12H,1-4H3,(H,19,20). The molecule has 21 heavy (non-hydrogen) atoms. The third kappa shape index (κ3) is 3.08. The molecule has 0 bridgehead atoms. The van der Waals surface area contributed by atoms with Crippen LogP contribution in [0.25, 0.3) is 10.1 Å². The number of carbonyl (C=O) groups excluding carboxylic acids is 1. The number of rotatable bonds is 4. The molecule has 110 valence electrons. The molecule has 0 aliphatic heterocycles. The SMILES string of the molecule is CC(C(=O)NC(C)(C#N)C(C)C)c1cc2ccccc2s1. The molecule has 0 aliphatic carbocycles. The third-order valence-corrected chi connectivity index (χ3v) is 5.33. The van der Waals surface area contributed by atoms with Gasteiger partial charge in [-0.15, -0.1) is 11.3 Å². The van der Waals surface area contributed by atoms with Crippen LogP contribution in [0.4, 0.5) is 0 Å². The molecule has 2 unspecified atom stereocenters. The topological polar surface area (TPSA) is 52.9 Å². The monoisotopic (exact) mass is 300 g/mol. The highest BCUT2D eigenvalue weighted by atomic mass is 32.1. The van der Waals surface area contributed by atoms with E-state index in [9.17, 15) is 10.1 Å². The molecule has 2 rings (SSSR count). The molecule has 1 aromatic heterocycles. The first kappa shape index (κ1) is 15.5. The summed E-state index contributed by atoms with van der Waals surface area (Å²) in [6, 6.07) is 12.4. The summed E-state index contributed by atoms with van der Waals surface area (Å²) in [4.78, 5) is 13.5. The van der Waals surface area contributed by atoms with E-state index in [1.54, 1.807) is 18.3 Å². The summed E-state index contributed by atoms with van der Waals surface area (Å²) in [7, 11) is 0. The van der Waals surface area contributed by atoms with Crippen molar-refractivity contribution in [3.05, 3.63) is 35.2 Å². The number of carbonyl (C=O) groups is 1. The molecule has 2 aromatic rings. The number of benzene rings is 1. The van der Waals surface area contributed by atoms with Crippen LogP contribution in [-0.2, 0) is 4.79 Å². The van der Waals surface area contributed by atoms with Gasteiger partial charge in [-0.2, -0.15) is 5.26 Å². The van der Waals surface area contributed by atoms with Crippen LogP contribution in [-0.4, -0.2) is 11.4 Å². The van der Waals surface area contributed by atoms with Gasteiger partial charge >= 0.3 is 0 Å². The lowest BCUT2D eigenvalue weighted by molar-refractivity contribution is -0.123. The van der Waals surface area contributed by atoms with E-state index < -0.39 is 5.54 Å². The maximum Gasteiger partial charge on any atom is 0.229 e. The van der Waals surface area contributed by atoms with Gasteiger partial charge in [-0.1, -0.05) is 32.0 Å². The Hall–Kier alpha value is -1.86. The van der Waals surface area contributed by atoms with E-state index in [1.807, 2.05) is 39.0 Å². The average Bonchev–Trinajstić information content (AvgIpc) is 2.89. The number of hydrogen-bond acceptors (Lipinski definition) is 3. The van der Waals surface area contributed by atoms with E-state index in [2.05, 4.69) is 23.5 Å². The Balaban J connectivity index is 2.21.